The van der Waals surface area contributed by atoms with Crippen LogP contribution >= 0.6 is 0 Å². The highest BCUT2D eigenvalue weighted by Crippen LogP contribution is 2.47. The van der Waals surface area contributed by atoms with Gasteiger partial charge in [-0.2, -0.15) is 5.26 Å². The average Bonchev–Trinajstić information content (AvgIpc) is 3.05. The number of nitrogens with two attached hydrogens (primary N) is 1. The molecular formula is C19H18N4O. The number of fused-ring (bicyclic) bond motifs is 1. The van der Waals surface area contributed by atoms with Crippen molar-refractivity contribution >= 4 is 0 Å². The average molecular weight is 318 g/mol. The summed E-state index contributed by atoms with van der Waals surface area (Å²) in [5.74, 6) is 0.107. The second-order valence-electron chi connectivity index (χ2n) is 6.07. The van der Waals surface area contributed by atoms with Gasteiger partial charge in [-0.05, 0) is 11.1 Å². The maximum absolute atomic E-state index is 9.66. The van der Waals surface area contributed by atoms with Gasteiger partial charge in [-0.25, -0.2) is 10.9 Å². The van der Waals surface area contributed by atoms with Gasteiger partial charge in [-0.15, -0.1) is 0 Å². The Morgan fingerprint density at radius 3 is 2.17 bits per heavy atom. The normalized spacial score (nSPS) is 28.8. The first-order valence-electron chi connectivity index (χ1n) is 7.97. The van der Waals surface area contributed by atoms with Crippen LogP contribution in [0.2, 0.25) is 0 Å². The molecule has 2 aliphatic rings. The number of allylic oxidation sites excluding steroid dienone is 1. The number of hydrazine groups is 1. The highest BCUT2D eigenvalue weighted by atomic mass is 16.5. The molecule has 2 aliphatic heterocycles. The molecule has 4 atom stereocenters. The smallest absolute Gasteiger partial charge is 0.200 e. The molecule has 2 aromatic carbocycles. The largest absolute Gasteiger partial charge is 0.458 e. The molecule has 24 heavy (non-hydrogen) atoms. The third kappa shape index (κ3) is 2.33. The Balaban J connectivity index is 1.82. The Kier molecular flexibility index (Phi) is 3.69. The Hall–Kier alpha value is -2.81. The summed E-state index contributed by atoms with van der Waals surface area (Å²) in [6, 6.07) is 22.5. The molecule has 0 spiro atoms. The van der Waals surface area contributed by atoms with E-state index < -0.39 is 0 Å². The minimum Gasteiger partial charge on any atom is -0.458 e. The van der Waals surface area contributed by atoms with E-state index >= 15 is 0 Å². The van der Waals surface area contributed by atoms with Crippen molar-refractivity contribution in [2.24, 2.45) is 11.7 Å². The van der Waals surface area contributed by atoms with E-state index in [1.165, 1.54) is 0 Å². The number of nitrogens with zero attached hydrogens (tertiary/aromatic N) is 1. The molecule has 4 rings (SSSR count). The van der Waals surface area contributed by atoms with Crippen LogP contribution in [0.4, 0.5) is 0 Å². The van der Waals surface area contributed by atoms with Gasteiger partial charge in [0.05, 0.1) is 11.6 Å². The molecule has 0 amide bonds. The lowest BCUT2D eigenvalue weighted by Crippen LogP contribution is -2.40. The topological polar surface area (TPSA) is 83.1 Å². The van der Waals surface area contributed by atoms with Gasteiger partial charge in [0.2, 0.25) is 5.88 Å². The number of hydrogen-bond acceptors (Lipinski definition) is 5. The van der Waals surface area contributed by atoms with Crippen molar-refractivity contribution in [3.63, 3.8) is 0 Å². The zero-order valence-corrected chi connectivity index (χ0v) is 13.0. The van der Waals surface area contributed by atoms with E-state index in [1.807, 2.05) is 48.5 Å². The van der Waals surface area contributed by atoms with Crippen LogP contribution in [0.1, 0.15) is 23.1 Å². The number of rotatable bonds is 2. The van der Waals surface area contributed by atoms with Crippen molar-refractivity contribution < 1.29 is 4.74 Å². The monoisotopic (exact) mass is 318 g/mol. The van der Waals surface area contributed by atoms with Crippen molar-refractivity contribution in [1.29, 1.82) is 5.26 Å². The summed E-state index contributed by atoms with van der Waals surface area (Å²) in [4.78, 5) is 0. The maximum atomic E-state index is 9.66. The molecule has 5 heteroatoms. The molecule has 1 saturated heterocycles. The van der Waals surface area contributed by atoms with Gasteiger partial charge in [0, 0.05) is 11.8 Å². The first-order chi connectivity index (χ1) is 11.8. The third-order valence-electron chi connectivity index (χ3n) is 4.77. The maximum Gasteiger partial charge on any atom is 0.200 e. The summed E-state index contributed by atoms with van der Waals surface area (Å²) in [7, 11) is 0. The molecule has 4 N–H and O–H groups in total. The summed E-state index contributed by atoms with van der Waals surface area (Å²) in [6.07, 6.45) is -0.280. The van der Waals surface area contributed by atoms with Gasteiger partial charge >= 0.3 is 0 Å². The van der Waals surface area contributed by atoms with E-state index in [1.54, 1.807) is 0 Å². The Bertz CT molecular complexity index is 797. The summed E-state index contributed by atoms with van der Waals surface area (Å²) in [6.45, 7) is 0. The van der Waals surface area contributed by atoms with Crippen molar-refractivity contribution in [3.8, 4) is 6.07 Å². The van der Waals surface area contributed by atoms with Gasteiger partial charge in [0.25, 0.3) is 0 Å². The van der Waals surface area contributed by atoms with Gasteiger partial charge in [-0.3, -0.25) is 0 Å². The number of hydrogen-bond donors (Lipinski definition) is 3. The first kappa shape index (κ1) is 14.8. The molecule has 4 unspecified atom stereocenters. The van der Waals surface area contributed by atoms with Gasteiger partial charge in [0.15, 0.2) is 6.23 Å². The van der Waals surface area contributed by atoms with Crippen LogP contribution in [0.5, 0.6) is 0 Å². The van der Waals surface area contributed by atoms with Crippen LogP contribution in [-0.2, 0) is 4.74 Å². The van der Waals surface area contributed by atoms with Crippen molar-refractivity contribution in [2.75, 3.05) is 0 Å². The molecule has 1 fully saturated rings. The summed E-state index contributed by atoms with van der Waals surface area (Å²) < 4.78 is 5.78. The lowest BCUT2D eigenvalue weighted by molar-refractivity contribution is 0.0341. The number of ether oxygens (including phenoxy) is 1. The van der Waals surface area contributed by atoms with Crippen molar-refractivity contribution in [2.45, 2.75) is 18.2 Å². The zero-order chi connectivity index (χ0) is 16.5. The van der Waals surface area contributed by atoms with Gasteiger partial charge in [-0.1, -0.05) is 60.7 Å². The van der Waals surface area contributed by atoms with E-state index in [0.717, 1.165) is 11.1 Å². The van der Waals surface area contributed by atoms with E-state index in [4.69, 9.17) is 10.5 Å². The lowest BCUT2D eigenvalue weighted by atomic mass is 9.74. The van der Waals surface area contributed by atoms with Crippen LogP contribution < -0.4 is 16.6 Å². The van der Waals surface area contributed by atoms with Gasteiger partial charge < -0.3 is 10.5 Å². The fourth-order valence-corrected chi connectivity index (χ4v) is 3.70. The lowest BCUT2D eigenvalue weighted by Gasteiger charge is -2.35. The quantitative estimate of drug-likeness (QED) is 0.791. The standard InChI is InChI=1S/C19H18N4O/c20-11-14-15(12-7-3-1-4-8-12)16-17(13-9-5-2-6-10-13)22-23-19(16)24-18(14)21/h1-10,15-17,19,22-23H,21H2. The molecule has 5 nitrogen and oxygen atoms in total. The molecule has 0 bridgehead atoms. The summed E-state index contributed by atoms with van der Waals surface area (Å²) in [5.41, 5.74) is 15.2. The van der Waals surface area contributed by atoms with Crippen molar-refractivity contribution in [3.05, 3.63) is 83.2 Å². The zero-order valence-electron chi connectivity index (χ0n) is 13.0. The number of benzene rings is 2. The molecule has 0 aromatic heterocycles. The summed E-state index contributed by atoms with van der Waals surface area (Å²) >= 11 is 0. The van der Waals surface area contributed by atoms with E-state index in [0.29, 0.717) is 5.57 Å². The highest BCUT2D eigenvalue weighted by molar-refractivity contribution is 5.42. The van der Waals surface area contributed by atoms with Crippen LogP contribution in [-0.4, -0.2) is 6.23 Å². The minimum absolute atomic E-state index is 0.0248. The van der Waals surface area contributed by atoms with E-state index in [2.05, 4.69) is 29.1 Å². The van der Waals surface area contributed by atoms with Crippen LogP contribution in [0.25, 0.3) is 0 Å². The number of nitriles is 1. The van der Waals surface area contributed by atoms with E-state index in [9.17, 15) is 5.26 Å². The van der Waals surface area contributed by atoms with Crippen LogP contribution in [0.15, 0.2) is 72.1 Å². The van der Waals surface area contributed by atoms with Crippen molar-refractivity contribution in [1.82, 2.24) is 10.9 Å². The molecule has 0 radical (unpaired) electrons. The second-order valence-corrected chi connectivity index (χ2v) is 6.07. The Morgan fingerprint density at radius 2 is 1.54 bits per heavy atom. The predicted octanol–water partition coefficient (Wildman–Crippen LogP) is 2.29. The van der Waals surface area contributed by atoms with Crippen LogP contribution in [0.3, 0.4) is 0 Å². The minimum atomic E-state index is -0.280. The Morgan fingerprint density at radius 1 is 0.917 bits per heavy atom. The summed E-state index contributed by atoms with van der Waals surface area (Å²) in [5, 5.41) is 9.66. The van der Waals surface area contributed by atoms with Gasteiger partial charge in [0.1, 0.15) is 6.07 Å². The molecule has 0 saturated carbocycles. The third-order valence-corrected chi connectivity index (χ3v) is 4.77. The van der Waals surface area contributed by atoms with Crippen LogP contribution in [0, 0.1) is 17.2 Å². The SMILES string of the molecule is N#CC1=C(N)OC2NNC(c3ccccc3)C2C1c1ccccc1. The fraction of sp³-hybridized carbons (Fsp3) is 0.211. The fourth-order valence-electron chi connectivity index (χ4n) is 3.70. The second kappa shape index (κ2) is 6.00. The molecule has 120 valence electrons. The molecular weight excluding hydrogens is 300 g/mol. The Labute approximate surface area is 140 Å². The highest BCUT2D eigenvalue weighted by Gasteiger charge is 2.49. The molecule has 0 aliphatic carbocycles. The first-order valence-corrected chi connectivity index (χ1v) is 7.97. The van der Waals surface area contributed by atoms with E-state index in [-0.39, 0.29) is 30.0 Å². The molecule has 2 heterocycles. The predicted molar refractivity (Wildman–Crippen MR) is 89.8 cm³/mol. The molecule has 2 aromatic rings. The number of nitrogens with one attached hydrogen (secondary N) is 2.